The van der Waals surface area contributed by atoms with E-state index in [9.17, 15) is 19.2 Å². The van der Waals surface area contributed by atoms with E-state index in [0.29, 0.717) is 25.7 Å². The molecule has 2 atom stereocenters. The molecule has 6 nitrogen and oxygen atoms in total. The van der Waals surface area contributed by atoms with Crippen LogP contribution in [0.4, 0.5) is 0 Å². The highest BCUT2D eigenvalue weighted by Crippen LogP contribution is 2.19. The molecule has 1 aliphatic rings. The van der Waals surface area contributed by atoms with Crippen molar-refractivity contribution in [1.82, 2.24) is 0 Å². The van der Waals surface area contributed by atoms with Crippen LogP contribution in [-0.2, 0) is 28.7 Å². The van der Waals surface area contributed by atoms with E-state index in [0.717, 1.165) is 64.2 Å². The van der Waals surface area contributed by atoms with Gasteiger partial charge >= 0.3 is 11.9 Å². The smallest absolute Gasteiger partial charge is 0.316 e. The van der Waals surface area contributed by atoms with Crippen molar-refractivity contribution < 1.29 is 28.7 Å². The average Bonchev–Trinajstić information content (AvgIpc) is 2.81. The van der Waals surface area contributed by atoms with Crippen molar-refractivity contribution in [3.05, 3.63) is 24.3 Å². The molecule has 0 bridgehead atoms. The molecular weight excluding hydrogens is 432 g/mol. The topological polar surface area (TPSA) is 86.7 Å². The lowest BCUT2D eigenvalue weighted by Gasteiger charge is -2.14. The van der Waals surface area contributed by atoms with Crippen LogP contribution in [0.1, 0.15) is 104 Å². The van der Waals surface area contributed by atoms with Crippen LogP contribution in [0.3, 0.4) is 0 Å². The lowest BCUT2D eigenvalue weighted by Crippen LogP contribution is -2.26. The fraction of sp³-hybridized carbons (Fsp3) is 0.714. The van der Waals surface area contributed by atoms with Gasteiger partial charge in [-0.1, -0.05) is 24.3 Å². The number of allylic oxidation sites excluding steroid dienone is 4. The first-order valence-corrected chi connectivity index (χ1v) is 13.2. The number of hydrogen-bond acceptors (Lipinski definition) is 6. The van der Waals surface area contributed by atoms with Crippen LogP contribution < -0.4 is 0 Å². The Bertz CT molecular complexity index is 620. The van der Waals surface area contributed by atoms with Gasteiger partial charge in [0.05, 0.1) is 13.2 Å². The highest BCUT2D eigenvalue weighted by Gasteiger charge is 2.27. The molecule has 0 amide bonds. The Morgan fingerprint density at radius 3 is 1.35 bits per heavy atom. The molecular formula is C28H44O6. The van der Waals surface area contributed by atoms with Gasteiger partial charge in [0.2, 0.25) is 0 Å². The molecule has 0 aromatic rings. The standard InChI is InChI=1S/C28H44O6/c1-3-33-27(31)23-19-15-11-7-5-10-14-18-22-26(30)24(28(32)34-4-2)20-16-12-8-6-9-13-17-21-25(23)29/h5-8,23-24H,3-4,9-22H2,1-2H3/b7-5+,8-6+. The Hall–Kier alpha value is -2.24. The monoisotopic (exact) mass is 476 g/mol. The lowest BCUT2D eigenvalue weighted by atomic mass is 9.93. The second-order valence-corrected chi connectivity index (χ2v) is 8.84. The van der Waals surface area contributed by atoms with E-state index in [2.05, 4.69) is 24.3 Å². The van der Waals surface area contributed by atoms with Crippen LogP contribution >= 0.6 is 0 Å². The second kappa shape index (κ2) is 19.1. The maximum atomic E-state index is 12.6. The third kappa shape index (κ3) is 12.9. The van der Waals surface area contributed by atoms with Gasteiger partial charge in [-0.25, -0.2) is 0 Å². The molecule has 0 spiro atoms. The predicted octanol–water partition coefficient (Wildman–Crippen LogP) is 6.07. The number of esters is 2. The summed E-state index contributed by atoms with van der Waals surface area (Å²) in [4.78, 5) is 49.8. The van der Waals surface area contributed by atoms with Gasteiger partial charge in [0.15, 0.2) is 0 Å². The summed E-state index contributed by atoms with van der Waals surface area (Å²) in [6.07, 6.45) is 18.3. The van der Waals surface area contributed by atoms with Crippen LogP contribution in [0.2, 0.25) is 0 Å². The number of carbonyl (C=O) groups excluding carboxylic acids is 4. The van der Waals surface area contributed by atoms with Crippen LogP contribution in [0.5, 0.6) is 0 Å². The summed E-state index contributed by atoms with van der Waals surface area (Å²) in [5.41, 5.74) is 0. The van der Waals surface area contributed by atoms with Gasteiger partial charge in [0, 0.05) is 12.8 Å². The third-order valence-electron chi connectivity index (χ3n) is 6.07. The Morgan fingerprint density at radius 1 is 0.647 bits per heavy atom. The van der Waals surface area contributed by atoms with Crippen molar-refractivity contribution in [3.8, 4) is 0 Å². The zero-order valence-corrected chi connectivity index (χ0v) is 21.2. The van der Waals surface area contributed by atoms with E-state index in [4.69, 9.17) is 9.47 Å². The molecule has 0 aliphatic heterocycles. The number of hydrogen-bond donors (Lipinski definition) is 0. The normalized spacial score (nSPS) is 24.8. The molecule has 192 valence electrons. The van der Waals surface area contributed by atoms with Gasteiger partial charge in [-0.15, -0.1) is 0 Å². The van der Waals surface area contributed by atoms with E-state index < -0.39 is 23.8 Å². The van der Waals surface area contributed by atoms with Crippen molar-refractivity contribution in [2.24, 2.45) is 11.8 Å². The molecule has 1 aliphatic carbocycles. The fourth-order valence-electron chi connectivity index (χ4n) is 4.13. The Balaban J connectivity index is 2.69. The number of ketones is 2. The maximum Gasteiger partial charge on any atom is 0.316 e. The van der Waals surface area contributed by atoms with E-state index >= 15 is 0 Å². The summed E-state index contributed by atoms with van der Waals surface area (Å²) in [5.74, 6) is -2.11. The van der Waals surface area contributed by atoms with Crippen LogP contribution in [0.15, 0.2) is 24.3 Å². The largest absolute Gasteiger partial charge is 0.465 e. The number of rotatable bonds is 4. The highest BCUT2D eigenvalue weighted by atomic mass is 16.5. The van der Waals surface area contributed by atoms with Gasteiger partial charge < -0.3 is 9.47 Å². The summed E-state index contributed by atoms with van der Waals surface area (Å²) in [6, 6.07) is 0. The minimum absolute atomic E-state index is 0.0109. The summed E-state index contributed by atoms with van der Waals surface area (Å²) >= 11 is 0. The molecule has 0 N–H and O–H groups in total. The van der Waals surface area contributed by atoms with Gasteiger partial charge in [0.25, 0.3) is 0 Å². The van der Waals surface area contributed by atoms with Crippen LogP contribution in [0, 0.1) is 11.8 Å². The highest BCUT2D eigenvalue weighted by molar-refractivity contribution is 5.99. The van der Waals surface area contributed by atoms with Crippen molar-refractivity contribution in [2.75, 3.05) is 13.2 Å². The molecule has 2 unspecified atom stereocenters. The van der Waals surface area contributed by atoms with Gasteiger partial charge in [-0.05, 0) is 90.9 Å². The van der Waals surface area contributed by atoms with E-state index in [-0.39, 0.29) is 24.8 Å². The number of carbonyl (C=O) groups is 4. The first-order valence-electron chi connectivity index (χ1n) is 13.2. The fourth-order valence-corrected chi connectivity index (χ4v) is 4.13. The van der Waals surface area contributed by atoms with Crippen molar-refractivity contribution in [1.29, 1.82) is 0 Å². The molecule has 34 heavy (non-hydrogen) atoms. The number of ether oxygens (including phenoxy) is 2. The average molecular weight is 477 g/mol. The van der Waals surface area contributed by atoms with Gasteiger partial charge in [-0.2, -0.15) is 0 Å². The Labute approximate surface area is 205 Å². The Kier molecular flexibility index (Phi) is 16.7. The van der Waals surface area contributed by atoms with Crippen molar-refractivity contribution in [3.63, 3.8) is 0 Å². The number of Topliss-reactive ketones (excluding diaryl/α,β-unsaturated/α-hetero) is 2. The maximum absolute atomic E-state index is 12.6. The van der Waals surface area contributed by atoms with Crippen LogP contribution in [-0.4, -0.2) is 36.7 Å². The molecule has 0 saturated carbocycles. The third-order valence-corrected chi connectivity index (χ3v) is 6.07. The predicted molar refractivity (Wildman–Crippen MR) is 133 cm³/mol. The minimum atomic E-state index is -0.653. The first kappa shape index (κ1) is 29.8. The molecule has 0 fully saturated rings. The van der Waals surface area contributed by atoms with Crippen molar-refractivity contribution in [2.45, 2.75) is 104 Å². The molecule has 0 heterocycles. The van der Waals surface area contributed by atoms with E-state index in [1.165, 1.54) is 0 Å². The Morgan fingerprint density at radius 2 is 1.00 bits per heavy atom. The van der Waals surface area contributed by atoms with Crippen molar-refractivity contribution >= 4 is 23.5 Å². The summed E-state index contributed by atoms with van der Waals surface area (Å²) in [6.45, 7) is 4.10. The molecule has 0 aromatic heterocycles. The second-order valence-electron chi connectivity index (χ2n) is 8.84. The summed E-state index contributed by atoms with van der Waals surface area (Å²) in [7, 11) is 0. The summed E-state index contributed by atoms with van der Waals surface area (Å²) in [5, 5.41) is 0. The van der Waals surface area contributed by atoms with Gasteiger partial charge in [-0.3, -0.25) is 19.2 Å². The quantitative estimate of drug-likeness (QED) is 0.278. The zero-order chi connectivity index (χ0) is 25.0. The molecule has 1 rings (SSSR count). The minimum Gasteiger partial charge on any atom is -0.465 e. The molecule has 6 heteroatoms. The zero-order valence-electron chi connectivity index (χ0n) is 21.2. The lowest BCUT2D eigenvalue weighted by molar-refractivity contribution is -0.153. The van der Waals surface area contributed by atoms with E-state index in [1.54, 1.807) is 13.8 Å². The first-order chi connectivity index (χ1) is 16.5. The molecule has 0 aromatic carbocycles. The molecule has 0 saturated heterocycles. The molecule has 0 radical (unpaired) electrons. The summed E-state index contributed by atoms with van der Waals surface area (Å²) < 4.78 is 10.3. The van der Waals surface area contributed by atoms with E-state index in [1.807, 2.05) is 0 Å². The van der Waals surface area contributed by atoms with Gasteiger partial charge in [0.1, 0.15) is 23.4 Å². The SMILES string of the molecule is CCOC(=O)C1CCC/C=C/CCCCC(=O)C(C(=O)OCC)CCC/C=C/CCCCC1=O. The van der Waals surface area contributed by atoms with Crippen LogP contribution in [0.25, 0.3) is 0 Å².